The van der Waals surface area contributed by atoms with Gasteiger partial charge in [0.1, 0.15) is 18.5 Å². The minimum atomic E-state index is -4.65. The molecule has 1 aliphatic heterocycles. The lowest BCUT2D eigenvalue weighted by molar-refractivity contribution is -0.146. The molecule has 13 heteroatoms. The van der Waals surface area contributed by atoms with Crippen molar-refractivity contribution in [1.82, 2.24) is 39.5 Å². The average molecular weight is 500 g/mol. The molecule has 1 fully saturated rings. The van der Waals surface area contributed by atoms with E-state index in [1.165, 1.54) is 12.4 Å². The summed E-state index contributed by atoms with van der Waals surface area (Å²) in [6.45, 7) is 2.99. The number of carbonyl (C=O) groups is 1. The molecule has 0 N–H and O–H groups in total. The summed E-state index contributed by atoms with van der Waals surface area (Å²) in [5.74, 6) is -0.890. The summed E-state index contributed by atoms with van der Waals surface area (Å²) in [5, 5.41) is 15.0. The molecule has 0 aliphatic carbocycles. The first-order valence-corrected chi connectivity index (χ1v) is 11.5. The fourth-order valence-corrected chi connectivity index (χ4v) is 4.43. The second-order valence-electron chi connectivity index (χ2n) is 8.80. The highest BCUT2D eigenvalue weighted by Crippen LogP contribution is 2.30. The molecule has 1 atom stereocenters. The zero-order valence-corrected chi connectivity index (χ0v) is 19.7. The lowest BCUT2D eigenvalue weighted by atomic mass is 9.94. The second kappa shape index (κ2) is 9.21. The molecule has 1 unspecified atom stereocenters. The number of hydrogen-bond acceptors (Lipinski definition) is 7. The number of carbonyl (C=O) groups excluding carboxylic acids is 1. The number of hydrogen-bond donors (Lipinski definition) is 0. The van der Waals surface area contributed by atoms with E-state index in [2.05, 4.69) is 25.4 Å². The molecule has 0 bridgehead atoms. The van der Waals surface area contributed by atoms with Crippen LogP contribution in [0.3, 0.4) is 0 Å². The first-order chi connectivity index (χ1) is 17.2. The number of nitrogens with zero attached hydrogens (tertiary/aromatic N) is 9. The van der Waals surface area contributed by atoms with E-state index in [4.69, 9.17) is 0 Å². The Morgan fingerprint density at radius 3 is 2.44 bits per heavy atom. The maximum Gasteiger partial charge on any atom is 0.453 e. The normalized spacial score (nSPS) is 15.9. The predicted molar refractivity (Wildman–Crippen MR) is 123 cm³/mol. The first kappa shape index (κ1) is 23.7. The predicted octanol–water partition coefficient (Wildman–Crippen LogP) is 3.16. The van der Waals surface area contributed by atoms with Gasteiger partial charge in [0.05, 0.1) is 11.7 Å². The number of aromatic nitrogens is 7. The molecular formula is C23H24F3N9O. The van der Waals surface area contributed by atoms with E-state index in [0.717, 1.165) is 15.8 Å². The summed E-state index contributed by atoms with van der Waals surface area (Å²) in [6.07, 6.45) is -0.403. The molecule has 4 aromatic rings. The monoisotopic (exact) mass is 499 g/mol. The van der Waals surface area contributed by atoms with Crippen LogP contribution in [0.15, 0.2) is 49.1 Å². The van der Waals surface area contributed by atoms with Crippen LogP contribution in [0.2, 0.25) is 0 Å². The van der Waals surface area contributed by atoms with Gasteiger partial charge < -0.3 is 9.80 Å². The van der Waals surface area contributed by atoms with Crippen LogP contribution >= 0.6 is 0 Å². The number of alkyl halides is 3. The SMILES string of the molecule is CC(c1ccc(-n2cncn2)cc1)N(C)C(=O)C1CCN(c2ccc3nnc(C(F)(F)F)n3n2)CC1. The smallest absolute Gasteiger partial charge is 0.355 e. The number of benzene rings is 1. The minimum Gasteiger partial charge on any atom is -0.355 e. The number of amides is 1. The highest BCUT2D eigenvalue weighted by molar-refractivity contribution is 5.79. The van der Waals surface area contributed by atoms with E-state index in [9.17, 15) is 18.0 Å². The van der Waals surface area contributed by atoms with Crippen LogP contribution in [0.4, 0.5) is 19.0 Å². The molecule has 36 heavy (non-hydrogen) atoms. The summed E-state index contributed by atoms with van der Waals surface area (Å²) >= 11 is 0. The van der Waals surface area contributed by atoms with Crippen molar-refractivity contribution >= 4 is 17.4 Å². The lowest BCUT2D eigenvalue weighted by Gasteiger charge is -2.35. The molecule has 0 saturated carbocycles. The molecule has 4 heterocycles. The van der Waals surface area contributed by atoms with Crippen molar-refractivity contribution in [2.75, 3.05) is 25.0 Å². The van der Waals surface area contributed by atoms with Crippen LogP contribution in [-0.2, 0) is 11.0 Å². The number of halogens is 3. The van der Waals surface area contributed by atoms with E-state index in [1.54, 1.807) is 29.0 Å². The van der Waals surface area contributed by atoms with Crippen molar-refractivity contribution < 1.29 is 18.0 Å². The molecule has 1 aliphatic rings. The van der Waals surface area contributed by atoms with Gasteiger partial charge in [0.25, 0.3) is 5.82 Å². The van der Waals surface area contributed by atoms with Crippen molar-refractivity contribution in [3.8, 4) is 5.69 Å². The summed E-state index contributed by atoms with van der Waals surface area (Å²) in [4.78, 5) is 20.8. The number of fused-ring (bicyclic) bond motifs is 1. The lowest BCUT2D eigenvalue weighted by Crippen LogP contribution is -2.42. The Kier molecular flexibility index (Phi) is 6.06. The Morgan fingerprint density at radius 2 is 1.81 bits per heavy atom. The van der Waals surface area contributed by atoms with Crippen molar-refractivity contribution in [3.63, 3.8) is 0 Å². The molecule has 1 amide bonds. The molecule has 5 rings (SSSR count). The van der Waals surface area contributed by atoms with Gasteiger partial charge in [-0.15, -0.1) is 15.3 Å². The molecule has 0 spiro atoms. The molecule has 188 valence electrons. The van der Waals surface area contributed by atoms with Gasteiger partial charge in [-0.05, 0) is 49.6 Å². The fourth-order valence-electron chi connectivity index (χ4n) is 4.43. The van der Waals surface area contributed by atoms with Gasteiger partial charge in [0.15, 0.2) is 5.65 Å². The standard InChI is InChI=1S/C23H24F3N9O/c1-15(16-3-5-18(6-4-16)34-14-27-13-28-34)32(2)21(36)17-9-11-33(12-10-17)20-8-7-19-29-30-22(23(24,25)26)35(19)31-20/h3-8,13-15,17H,9-12H2,1-2H3. The Balaban J connectivity index is 1.22. The number of anilines is 1. The first-order valence-electron chi connectivity index (χ1n) is 11.5. The molecule has 0 radical (unpaired) electrons. The maximum atomic E-state index is 13.2. The Bertz CT molecular complexity index is 1340. The largest absolute Gasteiger partial charge is 0.453 e. The van der Waals surface area contributed by atoms with Crippen LogP contribution < -0.4 is 4.90 Å². The molecular weight excluding hydrogens is 475 g/mol. The van der Waals surface area contributed by atoms with E-state index >= 15 is 0 Å². The highest BCUT2D eigenvalue weighted by atomic mass is 19.4. The highest BCUT2D eigenvalue weighted by Gasteiger charge is 2.38. The summed E-state index contributed by atoms with van der Waals surface area (Å²) in [6, 6.07) is 10.8. The zero-order valence-electron chi connectivity index (χ0n) is 19.7. The second-order valence-corrected chi connectivity index (χ2v) is 8.80. The van der Waals surface area contributed by atoms with E-state index in [-0.39, 0.29) is 23.5 Å². The van der Waals surface area contributed by atoms with Crippen LogP contribution in [0.25, 0.3) is 11.3 Å². The van der Waals surface area contributed by atoms with Gasteiger partial charge in [-0.25, -0.2) is 9.67 Å². The summed E-state index contributed by atoms with van der Waals surface area (Å²) in [5.41, 5.74) is 1.91. The minimum absolute atomic E-state index is 0.0288. The maximum absolute atomic E-state index is 13.2. The molecule has 1 aromatic carbocycles. The zero-order chi connectivity index (χ0) is 25.4. The third-order valence-corrected chi connectivity index (χ3v) is 6.66. The van der Waals surface area contributed by atoms with Crippen LogP contribution in [-0.4, -0.2) is 65.5 Å². The van der Waals surface area contributed by atoms with Crippen molar-refractivity contribution in [1.29, 1.82) is 0 Å². The van der Waals surface area contributed by atoms with Gasteiger partial charge in [0.2, 0.25) is 5.91 Å². The van der Waals surface area contributed by atoms with Gasteiger partial charge >= 0.3 is 6.18 Å². The van der Waals surface area contributed by atoms with E-state index in [1.807, 2.05) is 36.1 Å². The van der Waals surface area contributed by atoms with E-state index in [0.29, 0.717) is 31.7 Å². The summed E-state index contributed by atoms with van der Waals surface area (Å²) in [7, 11) is 1.80. The summed E-state index contributed by atoms with van der Waals surface area (Å²) < 4.78 is 41.9. The molecule has 3 aromatic heterocycles. The Labute approximate surface area is 204 Å². The third-order valence-electron chi connectivity index (χ3n) is 6.66. The van der Waals surface area contributed by atoms with Crippen LogP contribution in [0, 0.1) is 5.92 Å². The quantitative estimate of drug-likeness (QED) is 0.416. The molecule has 1 saturated heterocycles. The average Bonchev–Trinajstić information content (AvgIpc) is 3.57. The molecule has 10 nitrogen and oxygen atoms in total. The van der Waals surface area contributed by atoms with Gasteiger partial charge in [-0.1, -0.05) is 12.1 Å². The number of rotatable bonds is 5. The fraction of sp³-hybridized carbons (Fsp3) is 0.391. The Morgan fingerprint density at radius 1 is 1.08 bits per heavy atom. The van der Waals surface area contributed by atoms with Crippen LogP contribution in [0.1, 0.15) is 37.2 Å². The van der Waals surface area contributed by atoms with Gasteiger partial charge in [-0.3, -0.25) is 4.79 Å². The topological polar surface area (TPSA) is 97.3 Å². The third kappa shape index (κ3) is 4.48. The Hall–Kier alpha value is -4.03. The number of piperidine rings is 1. The van der Waals surface area contributed by atoms with Crippen molar-refractivity contribution in [2.24, 2.45) is 5.92 Å². The van der Waals surface area contributed by atoms with Crippen molar-refractivity contribution in [2.45, 2.75) is 32.0 Å². The van der Waals surface area contributed by atoms with Crippen molar-refractivity contribution in [3.05, 3.63) is 60.4 Å². The van der Waals surface area contributed by atoms with Gasteiger partial charge in [-0.2, -0.15) is 22.8 Å². The van der Waals surface area contributed by atoms with Gasteiger partial charge in [0, 0.05) is 26.1 Å². The van der Waals surface area contributed by atoms with E-state index < -0.39 is 12.0 Å². The van der Waals surface area contributed by atoms with Crippen LogP contribution in [0.5, 0.6) is 0 Å².